The molecule has 294 valence electrons. The second-order valence-corrected chi connectivity index (χ2v) is 16.6. The van der Waals surface area contributed by atoms with Crippen LogP contribution in [0.5, 0.6) is 0 Å². The normalized spacial score (nSPS) is 22.7. The summed E-state index contributed by atoms with van der Waals surface area (Å²) in [4.78, 5) is 57.3. The summed E-state index contributed by atoms with van der Waals surface area (Å²) in [5.74, 6) is -2.18. The third-order valence-electron chi connectivity index (χ3n) is 12.5. The third-order valence-corrected chi connectivity index (χ3v) is 13.3. The van der Waals surface area contributed by atoms with Gasteiger partial charge in [-0.1, -0.05) is 47.5 Å². The van der Waals surface area contributed by atoms with Crippen molar-refractivity contribution in [3.05, 3.63) is 81.1 Å². The number of rotatable bonds is 12. The van der Waals surface area contributed by atoms with Crippen molar-refractivity contribution in [1.82, 2.24) is 29.5 Å². The van der Waals surface area contributed by atoms with Gasteiger partial charge in [-0.3, -0.25) is 34.1 Å². The summed E-state index contributed by atoms with van der Waals surface area (Å²) < 4.78 is 3.57. The molecule has 4 heterocycles. The Kier molecular flexibility index (Phi) is 10.2. The monoisotopic (exact) mass is 802 g/mol. The molecule has 1 unspecified atom stereocenters. The smallest absolute Gasteiger partial charge is 0.317 e. The Morgan fingerprint density at radius 3 is 2.25 bits per heavy atom. The highest BCUT2D eigenvalue weighted by atomic mass is 35.5. The zero-order valence-corrected chi connectivity index (χ0v) is 32.5. The highest BCUT2D eigenvalue weighted by Gasteiger charge is 2.57. The molecule has 16 heteroatoms. The number of nitrogens with one attached hydrogen (secondary N) is 3. The van der Waals surface area contributed by atoms with Gasteiger partial charge in [0.05, 0.1) is 44.8 Å². The van der Waals surface area contributed by atoms with E-state index in [1.54, 1.807) is 47.1 Å². The van der Waals surface area contributed by atoms with Gasteiger partial charge in [-0.25, -0.2) is 4.98 Å². The molecule has 2 aromatic heterocycles. The van der Waals surface area contributed by atoms with Crippen molar-refractivity contribution in [2.75, 3.05) is 30.3 Å². The first-order valence-electron chi connectivity index (χ1n) is 19.1. The molecule has 2 aliphatic heterocycles. The van der Waals surface area contributed by atoms with Crippen LogP contribution in [-0.4, -0.2) is 77.8 Å². The predicted octanol–water partition coefficient (Wildman–Crippen LogP) is 6.39. The summed E-state index contributed by atoms with van der Waals surface area (Å²) in [5.41, 5.74) is 4.24. The van der Waals surface area contributed by atoms with Crippen molar-refractivity contribution < 1.29 is 29.4 Å². The van der Waals surface area contributed by atoms with Gasteiger partial charge in [-0.15, -0.1) is 0 Å². The lowest BCUT2D eigenvalue weighted by Gasteiger charge is -2.32. The van der Waals surface area contributed by atoms with Crippen molar-refractivity contribution in [3.63, 3.8) is 0 Å². The van der Waals surface area contributed by atoms with Crippen LogP contribution < -0.4 is 16.0 Å². The Morgan fingerprint density at radius 1 is 0.929 bits per heavy atom. The number of hydrogen-bond donors (Lipinski definition) is 5. The van der Waals surface area contributed by atoms with Gasteiger partial charge in [0, 0.05) is 56.0 Å². The van der Waals surface area contributed by atoms with E-state index in [0.29, 0.717) is 35.6 Å². The number of carbonyl (C=O) groups is 4. The van der Waals surface area contributed by atoms with E-state index in [-0.39, 0.29) is 39.6 Å². The summed E-state index contributed by atoms with van der Waals surface area (Å²) in [6, 6.07) is 11.9. The summed E-state index contributed by atoms with van der Waals surface area (Å²) in [6.07, 6.45) is 7.58. The van der Waals surface area contributed by atoms with Crippen LogP contribution in [0.1, 0.15) is 95.6 Å². The van der Waals surface area contributed by atoms with Crippen LogP contribution in [0, 0.1) is 10.8 Å². The molecule has 0 radical (unpaired) electrons. The standard InChI is InChI=1S/C40H44Cl2N8O6/c1-48-30-10-17-49(18-15-39-11-13-40(22-39,14-12-39)38(55)56)21-29(30)44-35(48)37(54)46-27-8-3-6-24(34(27)42)23-5-2-7-26(33(23)41)45-36(53)28-19-31-25(43-20-32(51)52)9-4-16-50(31)47-28/h2-3,5-8,19,25,43H,4,9-18,20-22H2,1H3,(H,45,53)(H,46,54)(H,51,52)(H,55,56). The van der Waals surface area contributed by atoms with Gasteiger partial charge >= 0.3 is 11.9 Å². The van der Waals surface area contributed by atoms with Gasteiger partial charge in [0.2, 0.25) is 0 Å². The molecule has 2 aromatic carbocycles. The highest BCUT2D eigenvalue weighted by molar-refractivity contribution is 6.40. The van der Waals surface area contributed by atoms with E-state index < -0.39 is 29.2 Å². The summed E-state index contributed by atoms with van der Waals surface area (Å²) in [6.45, 7) is 2.78. The Morgan fingerprint density at radius 2 is 1.61 bits per heavy atom. The van der Waals surface area contributed by atoms with Crippen molar-refractivity contribution in [2.24, 2.45) is 17.9 Å². The first kappa shape index (κ1) is 38.1. The fraction of sp³-hybridized carbons (Fsp3) is 0.450. The number of carbonyl (C=O) groups excluding carboxylic acids is 2. The molecule has 2 aliphatic carbocycles. The highest BCUT2D eigenvalue weighted by Crippen LogP contribution is 2.63. The van der Waals surface area contributed by atoms with Gasteiger partial charge < -0.3 is 25.4 Å². The SMILES string of the molecule is Cn1c(C(=O)Nc2cccc(-c3cccc(NC(=O)c4cc5n(n4)CCCC5NCC(=O)O)c3Cl)c2Cl)nc2c1CCN(CCC13CCC(C(=O)O)(CC1)C3)C2. The zero-order chi connectivity index (χ0) is 39.4. The number of benzene rings is 2. The molecule has 2 fully saturated rings. The molecular weight excluding hydrogens is 759 g/mol. The summed E-state index contributed by atoms with van der Waals surface area (Å²) in [5, 5.41) is 32.7. The van der Waals surface area contributed by atoms with Crippen molar-refractivity contribution >= 4 is 58.3 Å². The first-order chi connectivity index (χ1) is 26.8. The zero-order valence-electron chi connectivity index (χ0n) is 31.0. The average Bonchev–Trinajstić information content (AvgIpc) is 3.97. The van der Waals surface area contributed by atoms with Crippen LogP contribution in [0.25, 0.3) is 11.1 Å². The Balaban J connectivity index is 0.935. The number of carboxylic acid groups (broad SMARTS) is 2. The molecule has 2 bridgehead atoms. The maximum absolute atomic E-state index is 13.7. The van der Waals surface area contributed by atoms with E-state index in [0.717, 1.165) is 88.0 Å². The third kappa shape index (κ3) is 7.08. The Labute approximate surface area is 333 Å². The molecule has 56 heavy (non-hydrogen) atoms. The number of carboxylic acids is 2. The number of anilines is 2. The van der Waals surface area contributed by atoms with Gasteiger partial charge in [-0.05, 0) is 81.5 Å². The lowest BCUT2D eigenvalue weighted by molar-refractivity contribution is -0.148. The lowest BCUT2D eigenvalue weighted by atomic mass is 9.80. The molecule has 2 saturated carbocycles. The van der Waals surface area contributed by atoms with Crippen LogP contribution in [0.4, 0.5) is 11.4 Å². The molecule has 5 N–H and O–H groups in total. The first-order valence-corrected chi connectivity index (χ1v) is 19.8. The molecule has 4 aliphatic rings. The summed E-state index contributed by atoms with van der Waals surface area (Å²) >= 11 is 13.8. The average molecular weight is 804 g/mol. The Bertz CT molecular complexity index is 2240. The number of nitrogens with zero attached hydrogens (tertiary/aromatic N) is 5. The Hall–Kier alpha value is -4.76. The number of aliphatic carboxylic acids is 2. The van der Waals surface area contributed by atoms with E-state index in [9.17, 15) is 24.3 Å². The second kappa shape index (κ2) is 15.0. The second-order valence-electron chi connectivity index (χ2n) is 15.8. The van der Waals surface area contributed by atoms with E-state index in [1.165, 1.54) is 0 Å². The van der Waals surface area contributed by atoms with Crippen LogP contribution >= 0.6 is 23.2 Å². The largest absolute Gasteiger partial charge is 0.481 e. The molecule has 4 aromatic rings. The van der Waals surface area contributed by atoms with E-state index in [1.807, 2.05) is 11.6 Å². The lowest BCUT2D eigenvalue weighted by Crippen LogP contribution is -2.34. The predicted molar refractivity (Wildman–Crippen MR) is 210 cm³/mol. The van der Waals surface area contributed by atoms with Crippen LogP contribution in [0.3, 0.4) is 0 Å². The van der Waals surface area contributed by atoms with E-state index >= 15 is 0 Å². The van der Waals surface area contributed by atoms with Crippen LogP contribution in [0.2, 0.25) is 10.0 Å². The quantitative estimate of drug-likeness (QED) is 0.108. The van der Waals surface area contributed by atoms with Gasteiger partial charge in [0.15, 0.2) is 11.5 Å². The van der Waals surface area contributed by atoms with Crippen molar-refractivity contribution in [2.45, 2.75) is 76.9 Å². The number of amides is 2. The maximum atomic E-state index is 13.7. The van der Waals surface area contributed by atoms with Gasteiger partial charge in [0.25, 0.3) is 11.8 Å². The van der Waals surface area contributed by atoms with Crippen LogP contribution in [0.15, 0.2) is 42.5 Å². The minimum Gasteiger partial charge on any atom is -0.481 e. The minimum atomic E-state index is -0.960. The molecular formula is C40H44Cl2N8O6. The molecule has 14 nitrogen and oxygen atoms in total. The number of aryl methyl sites for hydroxylation is 1. The molecule has 1 atom stereocenters. The fourth-order valence-electron chi connectivity index (χ4n) is 9.38. The van der Waals surface area contributed by atoms with Gasteiger partial charge in [0.1, 0.15) is 0 Å². The topological polar surface area (TPSA) is 184 Å². The van der Waals surface area contributed by atoms with E-state index in [2.05, 4.69) is 25.9 Å². The molecule has 0 spiro atoms. The molecule has 0 saturated heterocycles. The number of aromatic nitrogens is 4. The number of halogens is 2. The maximum Gasteiger partial charge on any atom is 0.317 e. The number of imidazole rings is 1. The molecule has 8 rings (SSSR count). The van der Waals surface area contributed by atoms with Crippen molar-refractivity contribution in [1.29, 1.82) is 0 Å². The fourth-order valence-corrected chi connectivity index (χ4v) is 9.93. The summed E-state index contributed by atoms with van der Waals surface area (Å²) in [7, 11) is 1.85. The van der Waals surface area contributed by atoms with Gasteiger partial charge in [-0.2, -0.15) is 5.10 Å². The van der Waals surface area contributed by atoms with Crippen LogP contribution in [-0.2, 0) is 36.1 Å². The number of fused-ring (bicyclic) bond motifs is 4. The van der Waals surface area contributed by atoms with Crippen molar-refractivity contribution in [3.8, 4) is 11.1 Å². The van der Waals surface area contributed by atoms with E-state index in [4.69, 9.17) is 33.3 Å². The molecule has 2 amide bonds. The minimum absolute atomic E-state index is 0.121. The number of hydrogen-bond acceptors (Lipinski definition) is 8.